The van der Waals surface area contributed by atoms with Gasteiger partial charge in [0, 0.05) is 6.54 Å². The van der Waals surface area contributed by atoms with Gasteiger partial charge < -0.3 is 10.5 Å². The van der Waals surface area contributed by atoms with Gasteiger partial charge in [-0.3, -0.25) is 4.79 Å². The van der Waals surface area contributed by atoms with Crippen molar-refractivity contribution in [1.82, 2.24) is 0 Å². The van der Waals surface area contributed by atoms with Crippen LogP contribution in [0.5, 0.6) is 0 Å². The number of nitrogens with two attached hydrogens (primary N) is 1. The molecule has 1 aliphatic rings. The normalized spacial score (nSPS) is 31.2. The summed E-state index contributed by atoms with van der Waals surface area (Å²) in [5, 5.41) is 0. The van der Waals surface area contributed by atoms with Crippen molar-refractivity contribution < 1.29 is 13.9 Å². The highest BCUT2D eigenvalue weighted by atomic mass is 19.1. The lowest BCUT2D eigenvalue weighted by Crippen LogP contribution is -2.40. The van der Waals surface area contributed by atoms with E-state index in [0.717, 1.165) is 0 Å². The maximum absolute atomic E-state index is 13.8. The minimum absolute atomic E-state index is 0.0496. The Morgan fingerprint density at radius 2 is 1.94 bits per heavy atom. The Hall–Kier alpha value is -0.640. The van der Waals surface area contributed by atoms with Crippen LogP contribution in [0.15, 0.2) is 0 Å². The molecule has 0 radical (unpaired) electrons. The summed E-state index contributed by atoms with van der Waals surface area (Å²) in [6.07, 6.45) is 1.83. The summed E-state index contributed by atoms with van der Waals surface area (Å²) in [5.74, 6) is -0.360. The molecule has 16 heavy (non-hydrogen) atoms. The van der Waals surface area contributed by atoms with Crippen LogP contribution in [0.4, 0.5) is 4.39 Å². The van der Waals surface area contributed by atoms with Crippen LogP contribution >= 0.6 is 0 Å². The largest absolute Gasteiger partial charge is 0.460 e. The molecule has 1 rings (SSSR count). The number of alkyl halides is 1. The first-order valence-corrected chi connectivity index (χ1v) is 5.88. The number of esters is 1. The molecule has 4 heteroatoms. The first-order valence-electron chi connectivity index (χ1n) is 5.88. The van der Waals surface area contributed by atoms with Gasteiger partial charge in [0.1, 0.15) is 11.3 Å². The fourth-order valence-corrected chi connectivity index (χ4v) is 1.96. The Labute approximate surface area is 96.5 Å². The van der Waals surface area contributed by atoms with Gasteiger partial charge in [-0.2, -0.15) is 0 Å². The molecule has 1 fully saturated rings. The van der Waals surface area contributed by atoms with Gasteiger partial charge in [-0.25, -0.2) is 4.39 Å². The van der Waals surface area contributed by atoms with E-state index in [2.05, 4.69) is 0 Å². The summed E-state index contributed by atoms with van der Waals surface area (Å²) >= 11 is 0. The Morgan fingerprint density at radius 1 is 1.44 bits per heavy atom. The lowest BCUT2D eigenvalue weighted by Gasteiger charge is -2.33. The number of carbonyl (C=O) groups is 1. The fraction of sp³-hybridized carbons (Fsp3) is 0.917. The molecule has 1 aliphatic carbocycles. The summed E-state index contributed by atoms with van der Waals surface area (Å²) in [6.45, 7) is 5.57. The smallest absolute Gasteiger partial charge is 0.309 e. The summed E-state index contributed by atoms with van der Waals surface area (Å²) < 4.78 is 19.1. The van der Waals surface area contributed by atoms with Crippen LogP contribution in [-0.2, 0) is 9.53 Å². The molecule has 0 spiro atoms. The number of hydrogen-bond acceptors (Lipinski definition) is 3. The zero-order valence-electron chi connectivity index (χ0n) is 10.4. The minimum Gasteiger partial charge on any atom is -0.460 e. The van der Waals surface area contributed by atoms with E-state index in [1.807, 2.05) is 20.8 Å². The standard InChI is InChI=1S/C12H22FNO2/c1-11(2,3)16-10(15)9-4-6-12(13,8-14)7-5-9/h9H,4-8,14H2,1-3H3. The minimum atomic E-state index is -1.27. The predicted octanol–water partition coefficient (Wildman–Crippen LogP) is 2.19. The second kappa shape index (κ2) is 4.70. The zero-order chi connectivity index (χ0) is 12.4. The number of hydrogen-bond donors (Lipinski definition) is 1. The molecule has 1 saturated carbocycles. The number of ether oxygens (including phenoxy) is 1. The van der Waals surface area contributed by atoms with Gasteiger partial charge in [0.05, 0.1) is 5.92 Å². The highest BCUT2D eigenvalue weighted by molar-refractivity contribution is 5.73. The van der Waals surface area contributed by atoms with Crippen molar-refractivity contribution in [3.05, 3.63) is 0 Å². The highest BCUT2D eigenvalue weighted by Crippen LogP contribution is 2.35. The van der Waals surface area contributed by atoms with Crippen LogP contribution in [0, 0.1) is 5.92 Å². The maximum atomic E-state index is 13.8. The third-order valence-electron chi connectivity index (χ3n) is 2.99. The number of rotatable bonds is 2. The van der Waals surface area contributed by atoms with Crippen LogP contribution in [0.1, 0.15) is 46.5 Å². The van der Waals surface area contributed by atoms with E-state index in [9.17, 15) is 9.18 Å². The van der Waals surface area contributed by atoms with Gasteiger partial charge in [0.25, 0.3) is 0 Å². The van der Waals surface area contributed by atoms with Gasteiger partial charge in [-0.1, -0.05) is 0 Å². The molecular formula is C12H22FNO2. The quantitative estimate of drug-likeness (QED) is 0.741. The molecular weight excluding hydrogens is 209 g/mol. The maximum Gasteiger partial charge on any atom is 0.309 e. The molecule has 0 aliphatic heterocycles. The highest BCUT2D eigenvalue weighted by Gasteiger charge is 2.37. The van der Waals surface area contributed by atoms with E-state index in [4.69, 9.17) is 10.5 Å². The molecule has 0 aromatic heterocycles. The predicted molar refractivity (Wildman–Crippen MR) is 60.7 cm³/mol. The third kappa shape index (κ3) is 3.74. The third-order valence-corrected chi connectivity index (χ3v) is 2.99. The summed E-state index contributed by atoms with van der Waals surface area (Å²) in [4.78, 5) is 11.7. The number of halogens is 1. The Bertz CT molecular complexity index is 252. The monoisotopic (exact) mass is 231 g/mol. The molecule has 94 valence electrons. The lowest BCUT2D eigenvalue weighted by molar-refractivity contribution is -0.162. The van der Waals surface area contributed by atoms with Gasteiger partial charge in [-0.05, 0) is 46.5 Å². The van der Waals surface area contributed by atoms with Gasteiger partial charge in [-0.15, -0.1) is 0 Å². The number of carbonyl (C=O) groups excluding carboxylic acids is 1. The molecule has 0 heterocycles. The van der Waals surface area contributed by atoms with E-state index in [0.29, 0.717) is 25.7 Å². The first-order chi connectivity index (χ1) is 7.26. The van der Waals surface area contributed by atoms with Crippen LogP contribution < -0.4 is 5.73 Å². The van der Waals surface area contributed by atoms with Crippen LogP contribution in [0.2, 0.25) is 0 Å². The fourth-order valence-electron chi connectivity index (χ4n) is 1.96. The van der Waals surface area contributed by atoms with Gasteiger partial charge in [0.15, 0.2) is 0 Å². The van der Waals surface area contributed by atoms with Crippen molar-refractivity contribution in [3.8, 4) is 0 Å². The second-order valence-corrected chi connectivity index (χ2v) is 5.66. The average Bonchev–Trinajstić information content (AvgIpc) is 2.16. The van der Waals surface area contributed by atoms with Crippen molar-refractivity contribution in [2.75, 3.05) is 6.54 Å². The van der Waals surface area contributed by atoms with E-state index >= 15 is 0 Å². The molecule has 0 unspecified atom stereocenters. The van der Waals surface area contributed by atoms with Gasteiger partial charge in [0.2, 0.25) is 0 Å². The first kappa shape index (κ1) is 13.4. The van der Waals surface area contributed by atoms with Crippen LogP contribution in [0.3, 0.4) is 0 Å². The molecule has 2 N–H and O–H groups in total. The Kier molecular flexibility index (Phi) is 3.94. The van der Waals surface area contributed by atoms with Crippen molar-refractivity contribution >= 4 is 5.97 Å². The van der Waals surface area contributed by atoms with E-state index in [-0.39, 0.29) is 18.4 Å². The topological polar surface area (TPSA) is 52.3 Å². The molecule has 0 amide bonds. The van der Waals surface area contributed by atoms with Crippen molar-refractivity contribution in [3.63, 3.8) is 0 Å². The van der Waals surface area contributed by atoms with E-state index < -0.39 is 11.3 Å². The molecule has 0 aromatic carbocycles. The summed E-state index contributed by atoms with van der Waals surface area (Å²) in [6, 6.07) is 0. The van der Waals surface area contributed by atoms with Gasteiger partial charge >= 0.3 is 5.97 Å². The zero-order valence-corrected chi connectivity index (χ0v) is 10.4. The molecule has 0 atom stereocenters. The van der Waals surface area contributed by atoms with E-state index in [1.54, 1.807) is 0 Å². The molecule has 3 nitrogen and oxygen atoms in total. The van der Waals surface area contributed by atoms with Crippen molar-refractivity contribution in [2.45, 2.75) is 57.7 Å². The van der Waals surface area contributed by atoms with Crippen molar-refractivity contribution in [2.24, 2.45) is 11.7 Å². The SMILES string of the molecule is CC(C)(C)OC(=O)C1CCC(F)(CN)CC1. The molecule has 0 saturated heterocycles. The van der Waals surface area contributed by atoms with Crippen LogP contribution in [0.25, 0.3) is 0 Å². The lowest BCUT2D eigenvalue weighted by atomic mass is 9.80. The van der Waals surface area contributed by atoms with Crippen molar-refractivity contribution in [1.29, 1.82) is 0 Å². The molecule has 0 bridgehead atoms. The average molecular weight is 231 g/mol. The van der Waals surface area contributed by atoms with Crippen LogP contribution in [-0.4, -0.2) is 23.8 Å². The Morgan fingerprint density at radius 3 is 2.31 bits per heavy atom. The Balaban J connectivity index is 2.45. The van der Waals surface area contributed by atoms with E-state index in [1.165, 1.54) is 0 Å². The second-order valence-electron chi connectivity index (χ2n) is 5.66. The molecule has 0 aromatic rings. The summed E-state index contributed by atoms with van der Waals surface area (Å²) in [7, 11) is 0. The summed E-state index contributed by atoms with van der Waals surface area (Å²) in [5.41, 5.74) is 3.64.